The first-order valence-electron chi connectivity index (χ1n) is 7.99. The van der Waals surface area contributed by atoms with Crippen LogP contribution in [0.25, 0.3) is 0 Å². The molecule has 0 aromatic heterocycles. The van der Waals surface area contributed by atoms with E-state index in [2.05, 4.69) is 54.0 Å². The van der Waals surface area contributed by atoms with Gasteiger partial charge in [-0.25, -0.2) is 0 Å². The summed E-state index contributed by atoms with van der Waals surface area (Å²) in [6.07, 6.45) is 4.66. The fourth-order valence-corrected chi connectivity index (χ4v) is 3.43. The van der Waals surface area contributed by atoms with Crippen molar-refractivity contribution in [1.29, 1.82) is 0 Å². The first-order valence-corrected chi connectivity index (χ1v) is 8.78. The molecule has 0 amide bonds. The van der Waals surface area contributed by atoms with Gasteiger partial charge in [-0.3, -0.25) is 10.3 Å². The van der Waals surface area contributed by atoms with Crippen LogP contribution in [-0.2, 0) is 4.84 Å². The first kappa shape index (κ1) is 18.6. The zero-order valence-corrected chi connectivity index (χ0v) is 16.1. The van der Waals surface area contributed by atoms with E-state index in [1.165, 1.54) is 24.1 Å². The van der Waals surface area contributed by atoms with Crippen molar-refractivity contribution in [2.45, 2.75) is 60.3 Å². The molecule has 0 radical (unpaired) electrons. The predicted octanol–water partition coefficient (Wildman–Crippen LogP) is 4.96. The van der Waals surface area contributed by atoms with Crippen molar-refractivity contribution in [3.05, 3.63) is 21.4 Å². The minimum Gasteiger partial charge on any atom is -0.371 e. The van der Waals surface area contributed by atoms with E-state index >= 15 is 0 Å². The summed E-state index contributed by atoms with van der Waals surface area (Å²) in [5, 5.41) is 0. The molecule has 1 aliphatic heterocycles. The number of likely N-dealkylation sites (tertiary alicyclic amines) is 1. The number of hydrogen-bond acceptors (Lipinski definition) is 3. The molecule has 4 heteroatoms. The van der Waals surface area contributed by atoms with Crippen LogP contribution in [0, 0.1) is 5.41 Å². The Morgan fingerprint density at radius 1 is 1.19 bits per heavy atom. The number of allylic oxidation sites excluding steroid dienone is 3. The predicted molar refractivity (Wildman–Crippen MR) is 94.0 cm³/mol. The summed E-state index contributed by atoms with van der Waals surface area (Å²) >= 11 is 3.79. The summed E-state index contributed by atoms with van der Waals surface area (Å²) in [5.41, 5.74) is 7.31. The minimum absolute atomic E-state index is 0.468. The molecule has 0 bridgehead atoms. The van der Waals surface area contributed by atoms with Crippen LogP contribution in [0.4, 0.5) is 0 Å². The van der Waals surface area contributed by atoms with Crippen molar-refractivity contribution >= 4 is 15.9 Å². The van der Waals surface area contributed by atoms with Crippen LogP contribution in [0.15, 0.2) is 21.4 Å². The molecule has 1 heterocycles. The molecule has 21 heavy (non-hydrogen) atoms. The lowest BCUT2D eigenvalue weighted by Gasteiger charge is -2.40. The van der Waals surface area contributed by atoms with Crippen LogP contribution in [0.3, 0.4) is 0 Å². The van der Waals surface area contributed by atoms with E-state index in [9.17, 15) is 0 Å². The standard InChI is InChI=1S/C17H31BrN2O/c1-7-14(8-2)16(15(18)13(3)19-21-6)20-11-9-17(4,5)10-12-20/h19H,7-12H2,1-6H3/b15-13+. The van der Waals surface area contributed by atoms with Crippen LogP contribution >= 0.6 is 15.9 Å². The van der Waals surface area contributed by atoms with Crippen molar-refractivity contribution in [3.8, 4) is 0 Å². The van der Waals surface area contributed by atoms with Gasteiger partial charge in [-0.1, -0.05) is 27.7 Å². The van der Waals surface area contributed by atoms with E-state index in [0.717, 1.165) is 36.1 Å². The Labute approximate surface area is 138 Å². The van der Waals surface area contributed by atoms with Crippen molar-refractivity contribution in [3.63, 3.8) is 0 Å². The van der Waals surface area contributed by atoms with Gasteiger partial charge < -0.3 is 4.90 Å². The van der Waals surface area contributed by atoms with E-state index in [-0.39, 0.29) is 0 Å². The first-order chi connectivity index (χ1) is 9.86. The van der Waals surface area contributed by atoms with Crippen molar-refractivity contribution < 1.29 is 4.84 Å². The fourth-order valence-electron chi connectivity index (χ4n) is 2.81. The third kappa shape index (κ3) is 5.03. The highest BCUT2D eigenvalue weighted by molar-refractivity contribution is 9.12. The molecule has 1 rings (SSSR count). The Hall–Kier alpha value is -0.480. The van der Waals surface area contributed by atoms with Gasteiger partial charge in [-0.15, -0.1) is 0 Å². The van der Waals surface area contributed by atoms with Gasteiger partial charge in [0.1, 0.15) is 0 Å². The molecule has 0 spiro atoms. The zero-order valence-electron chi connectivity index (χ0n) is 14.5. The maximum atomic E-state index is 5.06. The van der Waals surface area contributed by atoms with Gasteiger partial charge in [0.15, 0.2) is 0 Å². The molecule has 0 aromatic rings. The Balaban J connectivity index is 3.11. The molecule has 1 fully saturated rings. The van der Waals surface area contributed by atoms with Gasteiger partial charge in [0.25, 0.3) is 0 Å². The molecule has 0 atom stereocenters. The Morgan fingerprint density at radius 3 is 2.14 bits per heavy atom. The van der Waals surface area contributed by atoms with Gasteiger partial charge in [-0.2, -0.15) is 0 Å². The average Bonchev–Trinajstić information content (AvgIpc) is 2.45. The van der Waals surface area contributed by atoms with Crippen LogP contribution < -0.4 is 5.48 Å². The largest absolute Gasteiger partial charge is 0.371 e. The third-order valence-corrected chi connectivity index (χ3v) is 5.38. The maximum absolute atomic E-state index is 5.06. The highest BCUT2D eigenvalue weighted by Crippen LogP contribution is 2.36. The zero-order chi connectivity index (χ0) is 16.0. The molecule has 1 aliphatic rings. The second kappa shape index (κ2) is 8.23. The number of halogens is 1. The average molecular weight is 359 g/mol. The van der Waals surface area contributed by atoms with E-state index in [1.54, 1.807) is 7.11 Å². The second-order valence-corrected chi connectivity index (χ2v) is 7.35. The molecule has 0 aromatic carbocycles. The van der Waals surface area contributed by atoms with Gasteiger partial charge >= 0.3 is 0 Å². The quantitative estimate of drug-likeness (QED) is 0.536. The minimum atomic E-state index is 0.468. The molecule has 1 saturated heterocycles. The van der Waals surface area contributed by atoms with E-state index in [0.29, 0.717) is 5.41 Å². The van der Waals surface area contributed by atoms with Crippen molar-refractivity contribution in [2.75, 3.05) is 20.2 Å². The SMILES string of the molecule is CCC(CC)=C(/C(Br)=C(/C)NOC)N1CCC(C)(C)CC1. The Morgan fingerprint density at radius 2 is 1.71 bits per heavy atom. The molecular weight excluding hydrogens is 328 g/mol. The Bertz CT molecular complexity index is 397. The Kier molecular flexibility index (Phi) is 7.28. The number of rotatable bonds is 6. The summed E-state index contributed by atoms with van der Waals surface area (Å²) in [6.45, 7) is 13.5. The summed E-state index contributed by atoms with van der Waals surface area (Å²) in [7, 11) is 1.65. The molecule has 0 unspecified atom stereocenters. The number of nitrogens with zero attached hydrogens (tertiary/aromatic N) is 1. The summed E-state index contributed by atoms with van der Waals surface area (Å²) in [4.78, 5) is 7.60. The number of nitrogens with one attached hydrogen (secondary N) is 1. The number of hydrogen-bond donors (Lipinski definition) is 1. The van der Waals surface area contributed by atoms with Crippen LogP contribution in [0.1, 0.15) is 60.3 Å². The maximum Gasteiger partial charge on any atom is 0.0636 e. The lowest BCUT2D eigenvalue weighted by atomic mass is 9.82. The van der Waals surface area contributed by atoms with Gasteiger partial charge in [0, 0.05) is 13.1 Å². The van der Waals surface area contributed by atoms with Crippen molar-refractivity contribution in [2.24, 2.45) is 5.41 Å². The number of hydroxylamine groups is 1. The van der Waals surface area contributed by atoms with E-state index in [1.807, 2.05) is 6.92 Å². The third-order valence-electron chi connectivity index (χ3n) is 4.41. The fraction of sp³-hybridized carbons (Fsp3) is 0.765. The van der Waals surface area contributed by atoms with Gasteiger partial charge in [0.05, 0.1) is 23.0 Å². The lowest BCUT2D eigenvalue weighted by Crippen LogP contribution is -2.37. The summed E-state index contributed by atoms with van der Waals surface area (Å²) in [6, 6.07) is 0. The van der Waals surface area contributed by atoms with Crippen molar-refractivity contribution in [1.82, 2.24) is 10.4 Å². The molecule has 0 aliphatic carbocycles. The lowest BCUT2D eigenvalue weighted by molar-refractivity contribution is 0.117. The van der Waals surface area contributed by atoms with Crippen LogP contribution in [-0.4, -0.2) is 25.1 Å². The molecular formula is C17H31BrN2O. The summed E-state index contributed by atoms with van der Waals surface area (Å²) in [5.74, 6) is 0. The van der Waals surface area contributed by atoms with Gasteiger partial charge in [0.2, 0.25) is 0 Å². The molecule has 122 valence electrons. The topological polar surface area (TPSA) is 24.5 Å². The molecule has 0 saturated carbocycles. The van der Waals surface area contributed by atoms with E-state index < -0.39 is 0 Å². The number of piperidine rings is 1. The highest BCUT2D eigenvalue weighted by atomic mass is 79.9. The normalized spacial score (nSPS) is 19.1. The molecule has 1 N–H and O–H groups in total. The molecule has 3 nitrogen and oxygen atoms in total. The van der Waals surface area contributed by atoms with E-state index in [4.69, 9.17) is 4.84 Å². The summed E-state index contributed by atoms with van der Waals surface area (Å²) < 4.78 is 1.13. The second-order valence-electron chi connectivity index (χ2n) is 6.56. The van der Waals surface area contributed by atoms with Crippen LogP contribution in [0.5, 0.6) is 0 Å². The van der Waals surface area contributed by atoms with Gasteiger partial charge in [-0.05, 0) is 59.5 Å². The highest BCUT2D eigenvalue weighted by Gasteiger charge is 2.28. The van der Waals surface area contributed by atoms with Crippen LogP contribution in [0.2, 0.25) is 0 Å². The smallest absolute Gasteiger partial charge is 0.0636 e. The monoisotopic (exact) mass is 358 g/mol.